The molecule has 2 aliphatic rings. The number of carbonyl (C=O) groups is 1. The van der Waals surface area contributed by atoms with Gasteiger partial charge < -0.3 is 14.5 Å². The van der Waals surface area contributed by atoms with Crippen LogP contribution >= 0.6 is 0 Å². The van der Waals surface area contributed by atoms with Gasteiger partial charge in [0.15, 0.2) is 0 Å². The van der Waals surface area contributed by atoms with Crippen molar-refractivity contribution >= 4 is 11.6 Å². The fourth-order valence-electron chi connectivity index (χ4n) is 5.13. The number of hydrogen-bond donors (Lipinski definition) is 0. The summed E-state index contributed by atoms with van der Waals surface area (Å²) >= 11 is 0. The van der Waals surface area contributed by atoms with E-state index in [0.717, 1.165) is 41.1 Å². The van der Waals surface area contributed by atoms with Gasteiger partial charge >= 0.3 is 0 Å². The topological polar surface area (TPSA) is 76.4 Å². The van der Waals surface area contributed by atoms with Crippen LogP contribution in [0.25, 0.3) is 17.2 Å². The molecule has 9 heteroatoms. The number of nitrogens with zero attached hydrogens (tertiary/aromatic N) is 6. The first-order valence-electron chi connectivity index (χ1n) is 12.4. The summed E-state index contributed by atoms with van der Waals surface area (Å²) in [7, 11) is 1.67. The van der Waals surface area contributed by atoms with E-state index in [1.807, 2.05) is 30.2 Å². The number of aryl methyl sites for hydroxylation is 2. The Kier molecular flexibility index (Phi) is 5.82. The second-order valence-electron chi connectivity index (χ2n) is 9.38. The van der Waals surface area contributed by atoms with E-state index in [0.29, 0.717) is 43.4 Å². The van der Waals surface area contributed by atoms with Crippen molar-refractivity contribution < 1.29 is 13.9 Å². The van der Waals surface area contributed by atoms with Crippen LogP contribution < -0.4 is 9.64 Å². The minimum Gasteiger partial charge on any atom is -0.497 e. The third-order valence-corrected chi connectivity index (χ3v) is 7.27. The summed E-state index contributed by atoms with van der Waals surface area (Å²) in [6, 6.07) is 12.5. The van der Waals surface area contributed by atoms with Crippen LogP contribution in [0.3, 0.4) is 0 Å². The molecule has 1 saturated heterocycles. The van der Waals surface area contributed by atoms with Gasteiger partial charge in [0.2, 0.25) is 0 Å². The maximum atomic E-state index is 13.4. The van der Waals surface area contributed by atoms with Crippen LogP contribution in [0.5, 0.6) is 5.75 Å². The van der Waals surface area contributed by atoms with Crippen molar-refractivity contribution in [1.29, 1.82) is 0 Å². The fourth-order valence-corrected chi connectivity index (χ4v) is 5.13. The maximum absolute atomic E-state index is 13.4. The number of hydrogen-bond acceptors (Lipinski definition) is 6. The van der Waals surface area contributed by atoms with Gasteiger partial charge in [0.1, 0.15) is 11.6 Å². The summed E-state index contributed by atoms with van der Waals surface area (Å²) in [4.78, 5) is 26.8. The van der Waals surface area contributed by atoms with Crippen LogP contribution in [-0.2, 0) is 12.8 Å². The Hall–Kier alpha value is -4.27. The second kappa shape index (κ2) is 9.31. The Morgan fingerprint density at radius 3 is 2.49 bits per heavy atom. The van der Waals surface area contributed by atoms with E-state index in [2.05, 4.69) is 21.0 Å². The van der Waals surface area contributed by atoms with Gasteiger partial charge in [-0.15, -0.1) is 0 Å². The van der Waals surface area contributed by atoms with Gasteiger partial charge in [0, 0.05) is 43.6 Å². The Morgan fingerprint density at radius 1 is 0.973 bits per heavy atom. The molecule has 3 heterocycles. The number of amides is 1. The Balaban J connectivity index is 1.22. The molecule has 8 nitrogen and oxygen atoms in total. The summed E-state index contributed by atoms with van der Waals surface area (Å²) in [5, 5.41) is 4.48. The van der Waals surface area contributed by atoms with Gasteiger partial charge in [0.25, 0.3) is 11.9 Å². The molecule has 0 unspecified atom stereocenters. The summed E-state index contributed by atoms with van der Waals surface area (Å²) < 4.78 is 20.3. The second-order valence-corrected chi connectivity index (χ2v) is 9.38. The zero-order chi connectivity index (χ0) is 25.5. The average molecular weight is 499 g/mol. The molecule has 1 fully saturated rings. The molecule has 1 aliphatic heterocycles. The quantitative estimate of drug-likeness (QED) is 0.426. The first-order chi connectivity index (χ1) is 18.0. The van der Waals surface area contributed by atoms with Crippen LogP contribution in [0, 0.1) is 12.7 Å². The molecular formula is C28H27FN6O2. The molecule has 0 spiro atoms. The van der Waals surface area contributed by atoms with Crippen LogP contribution in [0.4, 0.5) is 10.1 Å². The molecule has 0 saturated carbocycles. The van der Waals surface area contributed by atoms with Crippen molar-refractivity contribution in [3.05, 3.63) is 83.1 Å². The Labute approximate surface area is 214 Å². The fraction of sp³-hybridized carbons (Fsp3) is 0.286. The molecule has 2 aromatic carbocycles. The normalized spacial score (nSPS) is 14.8. The van der Waals surface area contributed by atoms with Crippen molar-refractivity contribution in [2.75, 3.05) is 38.2 Å². The highest BCUT2D eigenvalue weighted by molar-refractivity contribution is 5.95. The van der Waals surface area contributed by atoms with Gasteiger partial charge in [-0.1, -0.05) is 0 Å². The van der Waals surface area contributed by atoms with Crippen LogP contribution in [0.15, 0.2) is 54.9 Å². The van der Waals surface area contributed by atoms with Gasteiger partial charge in [-0.2, -0.15) is 5.10 Å². The van der Waals surface area contributed by atoms with E-state index in [1.54, 1.807) is 30.1 Å². The molecule has 0 bridgehead atoms. The number of ether oxygens (including phenoxy) is 1. The molecule has 0 atom stereocenters. The third kappa shape index (κ3) is 4.20. The number of benzene rings is 2. The lowest BCUT2D eigenvalue weighted by Gasteiger charge is -2.36. The highest BCUT2D eigenvalue weighted by atomic mass is 19.1. The van der Waals surface area contributed by atoms with Crippen molar-refractivity contribution in [3.8, 4) is 23.0 Å². The molecule has 2 aromatic heterocycles. The first kappa shape index (κ1) is 23.1. The number of carbonyl (C=O) groups excluding carboxylic acids is 1. The lowest BCUT2D eigenvalue weighted by Crippen LogP contribution is -2.48. The number of fused-ring (bicyclic) bond motifs is 3. The summed E-state index contributed by atoms with van der Waals surface area (Å²) in [6.45, 7) is 4.40. The predicted molar refractivity (Wildman–Crippen MR) is 138 cm³/mol. The number of aromatic nitrogens is 4. The monoisotopic (exact) mass is 498 g/mol. The minimum absolute atomic E-state index is 0.0575. The van der Waals surface area contributed by atoms with Gasteiger partial charge in [-0.25, -0.2) is 19.0 Å². The lowest BCUT2D eigenvalue weighted by atomic mass is 9.90. The number of piperazine rings is 1. The van der Waals surface area contributed by atoms with Crippen molar-refractivity contribution in [2.24, 2.45) is 0 Å². The summed E-state index contributed by atoms with van der Waals surface area (Å²) in [5.41, 5.74) is 6.48. The molecule has 1 amide bonds. The lowest BCUT2D eigenvalue weighted by molar-refractivity contribution is 0.0746. The Morgan fingerprint density at radius 2 is 1.73 bits per heavy atom. The Bertz CT molecular complexity index is 1470. The molecule has 6 rings (SSSR count). The van der Waals surface area contributed by atoms with Crippen LogP contribution in [-0.4, -0.2) is 63.8 Å². The van der Waals surface area contributed by atoms with Crippen molar-refractivity contribution in [3.63, 3.8) is 0 Å². The largest absolute Gasteiger partial charge is 0.497 e. The minimum atomic E-state index is -0.252. The predicted octanol–water partition coefficient (Wildman–Crippen LogP) is 3.85. The average Bonchev–Trinajstić information content (AvgIpc) is 3.33. The molecule has 0 N–H and O–H groups in total. The van der Waals surface area contributed by atoms with Gasteiger partial charge in [-0.3, -0.25) is 4.79 Å². The number of methoxy groups -OCH3 is 1. The standard InChI is InChI=1S/C28H27FN6O2/c1-18-25(27(36)34-13-11-33(12-14-34)22-7-5-21(29)6-8-22)17-31-35(18)28-30-16-20-4-3-19-15-23(37-2)9-10-24(19)26(20)32-28/h5-10,15-17H,3-4,11-14H2,1-2H3. The van der Waals surface area contributed by atoms with E-state index < -0.39 is 0 Å². The number of rotatable bonds is 4. The smallest absolute Gasteiger partial charge is 0.257 e. The van der Waals surface area contributed by atoms with Crippen LogP contribution in [0.1, 0.15) is 27.2 Å². The van der Waals surface area contributed by atoms with Crippen LogP contribution in [0.2, 0.25) is 0 Å². The van der Waals surface area contributed by atoms with E-state index >= 15 is 0 Å². The van der Waals surface area contributed by atoms with E-state index in [9.17, 15) is 9.18 Å². The molecule has 0 radical (unpaired) electrons. The summed E-state index contributed by atoms with van der Waals surface area (Å²) in [5.74, 6) is 0.969. The molecule has 37 heavy (non-hydrogen) atoms. The van der Waals surface area contributed by atoms with Gasteiger partial charge in [-0.05, 0) is 73.4 Å². The zero-order valence-electron chi connectivity index (χ0n) is 20.8. The highest BCUT2D eigenvalue weighted by Gasteiger charge is 2.26. The SMILES string of the molecule is COc1ccc2c(c1)CCc1cnc(-n3ncc(C(=O)N4CCN(c5ccc(F)cc5)CC4)c3C)nc1-2. The molecule has 4 aromatic rings. The number of anilines is 1. The maximum Gasteiger partial charge on any atom is 0.257 e. The first-order valence-corrected chi connectivity index (χ1v) is 12.4. The molecule has 188 valence electrons. The van der Waals surface area contributed by atoms with E-state index in [1.165, 1.54) is 17.7 Å². The molecular weight excluding hydrogens is 471 g/mol. The third-order valence-electron chi connectivity index (χ3n) is 7.27. The highest BCUT2D eigenvalue weighted by Crippen LogP contribution is 2.34. The zero-order valence-corrected chi connectivity index (χ0v) is 20.8. The van der Waals surface area contributed by atoms with E-state index in [-0.39, 0.29) is 11.7 Å². The van der Waals surface area contributed by atoms with Gasteiger partial charge in [0.05, 0.1) is 30.3 Å². The van der Waals surface area contributed by atoms with E-state index in [4.69, 9.17) is 9.72 Å². The summed E-state index contributed by atoms with van der Waals surface area (Å²) in [6.07, 6.45) is 5.24. The molecule has 1 aliphatic carbocycles. The van der Waals surface area contributed by atoms with Crippen molar-refractivity contribution in [1.82, 2.24) is 24.6 Å². The van der Waals surface area contributed by atoms with Crippen molar-refractivity contribution in [2.45, 2.75) is 19.8 Å². The number of halogens is 1.